The van der Waals surface area contributed by atoms with Gasteiger partial charge in [-0.25, -0.2) is 15.0 Å². The highest BCUT2D eigenvalue weighted by molar-refractivity contribution is 6.31. The van der Waals surface area contributed by atoms with Crippen molar-refractivity contribution in [3.63, 3.8) is 0 Å². The number of aromatic nitrogens is 5. The van der Waals surface area contributed by atoms with Crippen LogP contribution in [-0.4, -0.2) is 24.1 Å². The Balaban J connectivity index is 1.71. The Morgan fingerprint density at radius 2 is 1.54 bits per heavy atom. The zero-order valence-electron chi connectivity index (χ0n) is 19.6. The maximum Gasteiger partial charge on any atom is 0.265 e. The van der Waals surface area contributed by atoms with E-state index in [1.807, 2.05) is 92.1 Å². The van der Waals surface area contributed by atoms with Gasteiger partial charge in [0, 0.05) is 5.02 Å². The van der Waals surface area contributed by atoms with Gasteiger partial charge in [-0.05, 0) is 56.2 Å². The molecule has 0 aliphatic rings. The lowest BCUT2D eigenvalue weighted by atomic mass is 10.1. The molecule has 0 atom stereocenters. The molecule has 6 aromatic rings. The lowest BCUT2D eigenvalue weighted by Crippen LogP contribution is -2.24. The van der Waals surface area contributed by atoms with Gasteiger partial charge in [-0.1, -0.05) is 59.6 Å². The lowest BCUT2D eigenvalue weighted by molar-refractivity contribution is 0.711. The quantitative estimate of drug-likeness (QED) is 0.316. The molecular weight excluding hydrogens is 458 g/mol. The van der Waals surface area contributed by atoms with E-state index in [2.05, 4.69) is 0 Å². The second-order valence-corrected chi connectivity index (χ2v) is 9.30. The van der Waals surface area contributed by atoms with E-state index in [0.29, 0.717) is 39.6 Å². The number of nitrogens with zero attached hydrogens (tertiary/aromatic N) is 5. The van der Waals surface area contributed by atoms with Crippen LogP contribution < -0.4 is 5.56 Å². The van der Waals surface area contributed by atoms with Gasteiger partial charge in [0.1, 0.15) is 16.7 Å². The number of halogens is 1. The fourth-order valence-corrected chi connectivity index (χ4v) is 4.63. The largest absolute Gasteiger partial charge is 0.292 e. The highest BCUT2D eigenvalue weighted by Crippen LogP contribution is 2.30. The van der Waals surface area contributed by atoms with Crippen molar-refractivity contribution in [2.24, 2.45) is 0 Å². The first-order valence-corrected chi connectivity index (χ1v) is 11.8. The van der Waals surface area contributed by atoms with Gasteiger partial charge < -0.3 is 0 Å². The molecule has 0 saturated heterocycles. The Bertz CT molecular complexity index is 1830. The van der Waals surface area contributed by atoms with Gasteiger partial charge in [0.2, 0.25) is 0 Å². The lowest BCUT2D eigenvalue weighted by Gasteiger charge is -2.12. The van der Waals surface area contributed by atoms with Crippen LogP contribution in [0.3, 0.4) is 0 Å². The minimum Gasteiger partial charge on any atom is -0.292 e. The minimum absolute atomic E-state index is 0.139. The van der Waals surface area contributed by atoms with E-state index in [4.69, 9.17) is 26.6 Å². The van der Waals surface area contributed by atoms with E-state index in [9.17, 15) is 4.79 Å². The molecule has 172 valence electrons. The highest BCUT2D eigenvalue weighted by atomic mass is 35.5. The number of hydrogen-bond donors (Lipinski definition) is 0. The first-order valence-electron chi connectivity index (χ1n) is 11.4. The van der Waals surface area contributed by atoms with Crippen molar-refractivity contribution in [2.75, 3.05) is 0 Å². The second-order valence-electron chi connectivity index (χ2n) is 8.89. The van der Waals surface area contributed by atoms with Crippen LogP contribution >= 0.6 is 11.6 Å². The van der Waals surface area contributed by atoms with Crippen molar-refractivity contribution < 1.29 is 0 Å². The number of para-hydroxylation sites is 2. The number of aryl methyl sites for hydroxylation is 3. The first-order chi connectivity index (χ1) is 16.9. The van der Waals surface area contributed by atoms with Crippen LogP contribution in [0.2, 0.25) is 5.02 Å². The van der Waals surface area contributed by atoms with Gasteiger partial charge in [0.05, 0.1) is 23.3 Å². The predicted molar refractivity (Wildman–Crippen MR) is 141 cm³/mol. The average Bonchev–Trinajstić information content (AvgIpc) is 3.16. The topological polar surface area (TPSA) is 65.6 Å². The minimum atomic E-state index is -0.139. The summed E-state index contributed by atoms with van der Waals surface area (Å²) in [5.74, 6) is 0.620. The van der Waals surface area contributed by atoms with Crippen molar-refractivity contribution in [1.82, 2.24) is 24.1 Å². The van der Waals surface area contributed by atoms with Crippen molar-refractivity contribution in [1.29, 1.82) is 0 Å². The summed E-state index contributed by atoms with van der Waals surface area (Å²) in [6.45, 7) is 6.29. The molecule has 0 aliphatic carbocycles. The van der Waals surface area contributed by atoms with E-state index >= 15 is 0 Å². The normalized spacial score (nSPS) is 11.7. The van der Waals surface area contributed by atoms with Crippen LogP contribution in [0.5, 0.6) is 0 Å². The monoisotopic (exact) mass is 479 g/mol. The van der Waals surface area contributed by atoms with Gasteiger partial charge in [0.25, 0.3) is 5.56 Å². The SMILES string of the molecule is Cc1ccc(Cn2c(C)nc3c(c2=O)c2nc4ccccc4nc2n3-c2ccc(C)c(Cl)c2)cc1. The van der Waals surface area contributed by atoms with Gasteiger partial charge in [-0.3, -0.25) is 13.9 Å². The standard InChI is InChI=1S/C28H22ClN5O/c1-16-8-11-19(12-9-16)15-33-18(3)30-26-24(28(33)35)25-27(32-23-7-5-4-6-22(23)31-25)34(26)20-13-10-17(2)21(29)14-20/h4-14H,15H2,1-3H3. The van der Waals surface area contributed by atoms with Gasteiger partial charge in [-0.2, -0.15) is 0 Å². The van der Waals surface area contributed by atoms with Crippen LogP contribution in [-0.2, 0) is 6.54 Å². The third-order valence-corrected chi connectivity index (χ3v) is 6.84. The van der Waals surface area contributed by atoms with E-state index in [-0.39, 0.29) is 5.56 Å². The number of fused-ring (bicyclic) bond motifs is 4. The van der Waals surface area contributed by atoms with E-state index in [1.54, 1.807) is 4.57 Å². The van der Waals surface area contributed by atoms with E-state index < -0.39 is 0 Å². The molecular formula is C28H22ClN5O. The van der Waals surface area contributed by atoms with Gasteiger partial charge in [-0.15, -0.1) is 0 Å². The third-order valence-electron chi connectivity index (χ3n) is 6.43. The molecule has 0 spiro atoms. The van der Waals surface area contributed by atoms with E-state index in [1.165, 1.54) is 5.56 Å². The number of benzene rings is 3. The molecule has 0 bridgehead atoms. The van der Waals surface area contributed by atoms with Crippen LogP contribution in [0.1, 0.15) is 22.5 Å². The first kappa shape index (κ1) is 21.5. The molecule has 0 aliphatic heterocycles. The van der Waals surface area contributed by atoms with Crippen molar-refractivity contribution in [3.05, 3.63) is 105 Å². The zero-order chi connectivity index (χ0) is 24.3. The summed E-state index contributed by atoms with van der Waals surface area (Å²) >= 11 is 6.48. The predicted octanol–water partition coefficient (Wildman–Crippen LogP) is 5.91. The summed E-state index contributed by atoms with van der Waals surface area (Å²) < 4.78 is 3.59. The second kappa shape index (κ2) is 8.03. The highest BCUT2D eigenvalue weighted by Gasteiger charge is 2.22. The van der Waals surface area contributed by atoms with Crippen molar-refractivity contribution in [2.45, 2.75) is 27.3 Å². The van der Waals surface area contributed by atoms with Gasteiger partial charge >= 0.3 is 0 Å². The van der Waals surface area contributed by atoms with Crippen LogP contribution in [0.25, 0.3) is 38.9 Å². The third kappa shape index (κ3) is 3.49. The maximum absolute atomic E-state index is 14.0. The molecule has 35 heavy (non-hydrogen) atoms. The molecule has 0 amide bonds. The smallest absolute Gasteiger partial charge is 0.265 e. The van der Waals surface area contributed by atoms with Crippen molar-refractivity contribution in [3.8, 4) is 5.69 Å². The van der Waals surface area contributed by atoms with Crippen LogP contribution in [0, 0.1) is 20.8 Å². The molecule has 3 aromatic carbocycles. The summed E-state index contributed by atoms with van der Waals surface area (Å²) in [7, 11) is 0. The fraction of sp³-hybridized carbons (Fsp3) is 0.143. The molecule has 0 radical (unpaired) electrons. The molecule has 6 rings (SSSR count). The Hall–Kier alpha value is -4.03. The molecule has 3 heterocycles. The Kier molecular flexibility index (Phi) is 4.93. The van der Waals surface area contributed by atoms with Crippen LogP contribution in [0.15, 0.2) is 71.5 Å². The molecule has 0 fully saturated rings. The average molecular weight is 480 g/mol. The molecule has 3 aromatic heterocycles. The molecule has 0 saturated carbocycles. The van der Waals surface area contributed by atoms with Gasteiger partial charge in [0.15, 0.2) is 11.3 Å². The molecule has 6 nitrogen and oxygen atoms in total. The maximum atomic E-state index is 14.0. The zero-order valence-corrected chi connectivity index (χ0v) is 20.3. The number of hydrogen-bond acceptors (Lipinski definition) is 4. The molecule has 0 N–H and O–H groups in total. The molecule has 7 heteroatoms. The summed E-state index contributed by atoms with van der Waals surface area (Å²) in [5.41, 5.74) is 6.94. The van der Waals surface area contributed by atoms with Crippen LogP contribution in [0.4, 0.5) is 0 Å². The Morgan fingerprint density at radius 3 is 2.26 bits per heavy atom. The van der Waals surface area contributed by atoms with E-state index in [0.717, 1.165) is 27.8 Å². The van der Waals surface area contributed by atoms with Crippen molar-refractivity contribution >= 4 is 44.8 Å². The summed E-state index contributed by atoms with van der Waals surface area (Å²) in [6, 6.07) is 21.6. The Labute approximate surface area is 206 Å². The fourth-order valence-electron chi connectivity index (χ4n) is 4.46. The summed E-state index contributed by atoms with van der Waals surface area (Å²) in [6.07, 6.45) is 0. The Morgan fingerprint density at radius 1 is 0.829 bits per heavy atom. The molecule has 0 unspecified atom stereocenters. The summed E-state index contributed by atoms with van der Waals surface area (Å²) in [4.78, 5) is 28.6. The summed E-state index contributed by atoms with van der Waals surface area (Å²) in [5, 5.41) is 1.09. The number of rotatable bonds is 3.